The second-order valence-electron chi connectivity index (χ2n) is 7.88. The molecule has 0 aliphatic carbocycles. The average molecular weight is 471 g/mol. The van der Waals surface area contributed by atoms with Crippen LogP contribution in [0.1, 0.15) is 45.4 Å². The predicted octanol–water partition coefficient (Wildman–Crippen LogP) is -3.30. The van der Waals surface area contributed by atoms with Crippen LogP contribution in [0.15, 0.2) is 4.99 Å². The molecule has 1 fully saturated rings. The first-order chi connectivity index (χ1) is 15.4. The van der Waals surface area contributed by atoms with Gasteiger partial charge in [0.2, 0.25) is 23.6 Å². The first kappa shape index (κ1) is 27.6. The highest BCUT2D eigenvalue weighted by atomic mass is 16.4. The van der Waals surface area contributed by atoms with Gasteiger partial charge < -0.3 is 43.6 Å². The summed E-state index contributed by atoms with van der Waals surface area (Å²) in [6.45, 7) is 1.84. The number of carbonyl (C=O) groups is 5. The van der Waals surface area contributed by atoms with Crippen LogP contribution in [-0.4, -0.2) is 82.8 Å². The molecule has 11 N–H and O–H groups in total. The van der Waals surface area contributed by atoms with Crippen LogP contribution >= 0.6 is 0 Å². The zero-order valence-corrected chi connectivity index (χ0v) is 18.7. The Bertz CT molecular complexity index is 769. The van der Waals surface area contributed by atoms with E-state index in [4.69, 9.17) is 28.0 Å². The molecule has 4 atom stereocenters. The van der Waals surface area contributed by atoms with E-state index in [2.05, 4.69) is 15.6 Å². The molecule has 0 radical (unpaired) electrons. The van der Waals surface area contributed by atoms with Crippen molar-refractivity contribution in [2.45, 2.75) is 69.6 Å². The van der Waals surface area contributed by atoms with Crippen molar-refractivity contribution >= 4 is 35.6 Å². The van der Waals surface area contributed by atoms with Crippen molar-refractivity contribution in [3.8, 4) is 0 Å². The molecule has 1 rings (SSSR count). The summed E-state index contributed by atoms with van der Waals surface area (Å²) < 4.78 is 0. The molecule has 14 nitrogen and oxygen atoms in total. The maximum absolute atomic E-state index is 13.2. The summed E-state index contributed by atoms with van der Waals surface area (Å²) in [7, 11) is 0. The van der Waals surface area contributed by atoms with Crippen molar-refractivity contribution < 1.29 is 29.1 Å². The lowest BCUT2D eigenvalue weighted by Crippen LogP contribution is -2.56. The minimum absolute atomic E-state index is 0.0724. The molecule has 1 aliphatic heterocycles. The molecule has 14 heteroatoms. The van der Waals surface area contributed by atoms with Gasteiger partial charge in [0.15, 0.2) is 5.96 Å². The highest BCUT2D eigenvalue weighted by Gasteiger charge is 2.38. The minimum Gasteiger partial charge on any atom is -0.480 e. The van der Waals surface area contributed by atoms with Gasteiger partial charge in [0.25, 0.3) is 0 Å². The quantitative estimate of drug-likeness (QED) is 0.0807. The molecule has 0 aromatic rings. The van der Waals surface area contributed by atoms with Gasteiger partial charge in [-0.3, -0.25) is 29.0 Å². The van der Waals surface area contributed by atoms with E-state index in [-0.39, 0.29) is 38.3 Å². The first-order valence-corrected chi connectivity index (χ1v) is 10.7. The van der Waals surface area contributed by atoms with Crippen LogP contribution in [0.5, 0.6) is 0 Å². The molecule has 1 saturated heterocycles. The lowest BCUT2D eigenvalue weighted by atomic mass is 10.1. The number of nitrogens with one attached hydrogen (secondary N) is 2. The van der Waals surface area contributed by atoms with E-state index < -0.39 is 53.8 Å². The second-order valence-corrected chi connectivity index (χ2v) is 7.88. The monoisotopic (exact) mass is 470 g/mol. The first-order valence-electron chi connectivity index (χ1n) is 10.7. The maximum Gasteiger partial charge on any atom is 0.325 e. The van der Waals surface area contributed by atoms with Crippen molar-refractivity contribution in [3.63, 3.8) is 0 Å². The van der Waals surface area contributed by atoms with Gasteiger partial charge in [0, 0.05) is 19.5 Å². The third-order valence-electron chi connectivity index (χ3n) is 5.17. The fourth-order valence-electron chi connectivity index (χ4n) is 3.35. The molecule has 0 bridgehead atoms. The topological polar surface area (TPSA) is 249 Å². The van der Waals surface area contributed by atoms with Gasteiger partial charge in [-0.05, 0) is 39.0 Å². The Labute approximate surface area is 191 Å². The number of aliphatic carboxylic acids is 1. The Hall–Kier alpha value is -3.42. The number of hydrogen-bond acceptors (Lipinski definition) is 7. The summed E-state index contributed by atoms with van der Waals surface area (Å²) in [6.07, 6.45) is 1.30. The van der Waals surface area contributed by atoms with E-state index in [1.54, 1.807) is 0 Å². The van der Waals surface area contributed by atoms with Crippen molar-refractivity contribution in [1.29, 1.82) is 0 Å². The molecule has 4 unspecified atom stereocenters. The van der Waals surface area contributed by atoms with E-state index >= 15 is 0 Å². The Morgan fingerprint density at radius 2 is 1.79 bits per heavy atom. The summed E-state index contributed by atoms with van der Waals surface area (Å²) in [5, 5.41) is 13.9. The minimum atomic E-state index is -1.21. The third kappa shape index (κ3) is 9.31. The van der Waals surface area contributed by atoms with Crippen LogP contribution in [-0.2, 0) is 24.0 Å². The number of hydrogen-bond donors (Lipinski definition) is 7. The number of nitrogens with zero attached hydrogens (tertiary/aromatic N) is 2. The van der Waals surface area contributed by atoms with E-state index in [1.165, 1.54) is 11.8 Å². The largest absolute Gasteiger partial charge is 0.480 e. The zero-order valence-electron chi connectivity index (χ0n) is 18.7. The molecule has 4 amide bonds. The van der Waals surface area contributed by atoms with Crippen molar-refractivity contribution in [3.05, 3.63) is 0 Å². The number of likely N-dealkylation sites (tertiary alicyclic amines) is 1. The smallest absolute Gasteiger partial charge is 0.325 e. The normalized spacial score (nSPS) is 18.0. The second kappa shape index (κ2) is 13.2. The number of rotatable bonds is 13. The lowest BCUT2D eigenvalue weighted by molar-refractivity contribution is -0.144. The van der Waals surface area contributed by atoms with Gasteiger partial charge in [0.05, 0.1) is 6.04 Å². The third-order valence-corrected chi connectivity index (χ3v) is 5.17. The number of amides is 4. The summed E-state index contributed by atoms with van der Waals surface area (Å²) in [4.78, 5) is 65.6. The van der Waals surface area contributed by atoms with Gasteiger partial charge in [-0.25, -0.2) is 0 Å². The van der Waals surface area contributed by atoms with E-state index in [1.807, 2.05) is 0 Å². The number of primary amides is 1. The Kier molecular flexibility index (Phi) is 11.0. The van der Waals surface area contributed by atoms with E-state index in [9.17, 15) is 24.0 Å². The number of carbonyl (C=O) groups excluding carboxylic acids is 4. The number of aliphatic imine (C=N–C) groups is 1. The average Bonchev–Trinajstić information content (AvgIpc) is 3.22. The Morgan fingerprint density at radius 3 is 2.36 bits per heavy atom. The van der Waals surface area contributed by atoms with Crippen LogP contribution in [0.3, 0.4) is 0 Å². The molecule has 186 valence electrons. The molecule has 0 spiro atoms. The molecule has 0 aromatic carbocycles. The summed E-state index contributed by atoms with van der Waals surface area (Å²) in [6, 6.07) is -4.09. The molecular weight excluding hydrogens is 436 g/mol. The molecule has 33 heavy (non-hydrogen) atoms. The SMILES string of the molecule is CC(NC(=O)C1CCCN1C(=O)C(CCC(N)=O)NC(=O)C(N)CCCN=C(N)N)C(=O)O. The zero-order chi connectivity index (χ0) is 25.1. The maximum atomic E-state index is 13.2. The summed E-state index contributed by atoms with van der Waals surface area (Å²) in [5.41, 5.74) is 21.6. The molecule has 1 heterocycles. The molecule has 1 aliphatic rings. The van der Waals surface area contributed by atoms with Crippen LogP contribution in [0.2, 0.25) is 0 Å². The Morgan fingerprint density at radius 1 is 1.12 bits per heavy atom. The number of carboxylic acids is 1. The van der Waals surface area contributed by atoms with E-state index in [0.717, 1.165) is 0 Å². The van der Waals surface area contributed by atoms with Crippen LogP contribution < -0.4 is 33.6 Å². The number of nitrogens with two attached hydrogens (primary N) is 4. The highest BCUT2D eigenvalue weighted by molar-refractivity contribution is 5.94. The summed E-state index contributed by atoms with van der Waals surface area (Å²) in [5.74, 6) is -3.73. The molecule has 0 saturated carbocycles. The van der Waals surface area contributed by atoms with Crippen molar-refractivity contribution in [2.75, 3.05) is 13.1 Å². The number of carboxylic acid groups (broad SMARTS) is 1. The van der Waals surface area contributed by atoms with Gasteiger partial charge >= 0.3 is 5.97 Å². The lowest BCUT2D eigenvalue weighted by Gasteiger charge is -2.29. The standard InChI is InChI=1S/C19H34N8O6/c1-10(18(32)33)25-16(30)13-5-3-9-27(13)17(31)12(6-7-14(21)28)26-15(29)11(20)4-2-8-24-19(22)23/h10-13H,2-9,20H2,1H3,(H2,21,28)(H,25,30)(H,26,29)(H,32,33)(H4,22,23,24). The van der Waals surface area contributed by atoms with Crippen LogP contribution in [0.4, 0.5) is 0 Å². The molecule has 0 aromatic heterocycles. The van der Waals surface area contributed by atoms with Gasteiger partial charge in [0.1, 0.15) is 18.1 Å². The number of guanidine groups is 1. The fourth-order valence-corrected chi connectivity index (χ4v) is 3.35. The van der Waals surface area contributed by atoms with Gasteiger partial charge in [-0.15, -0.1) is 0 Å². The highest BCUT2D eigenvalue weighted by Crippen LogP contribution is 2.20. The molecular formula is C19H34N8O6. The Balaban J connectivity index is 2.85. The van der Waals surface area contributed by atoms with Crippen LogP contribution in [0, 0.1) is 0 Å². The van der Waals surface area contributed by atoms with Crippen molar-refractivity contribution in [1.82, 2.24) is 15.5 Å². The van der Waals surface area contributed by atoms with Crippen LogP contribution in [0.25, 0.3) is 0 Å². The van der Waals surface area contributed by atoms with Gasteiger partial charge in [-0.2, -0.15) is 0 Å². The van der Waals surface area contributed by atoms with Gasteiger partial charge in [-0.1, -0.05) is 0 Å². The predicted molar refractivity (Wildman–Crippen MR) is 118 cm³/mol. The fraction of sp³-hybridized carbons (Fsp3) is 0.684. The van der Waals surface area contributed by atoms with E-state index in [0.29, 0.717) is 19.3 Å². The van der Waals surface area contributed by atoms with Crippen molar-refractivity contribution in [2.24, 2.45) is 27.9 Å². The summed E-state index contributed by atoms with van der Waals surface area (Å²) >= 11 is 0.